The fraction of sp³-hybridized carbons (Fsp3) is 0.368. The number of aryl methyl sites for hydroxylation is 1. The zero-order valence-electron chi connectivity index (χ0n) is 15.4. The maximum atomic E-state index is 12.8. The maximum absolute atomic E-state index is 12.8. The number of carbonyl (C=O) groups is 1. The summed E-state index contributed by atoms with van der Waals surface area (Å²) in [4.78, 5) is 31.3. The topological polar surface area (TPSA) is 82.2 Å². The van der Waals surface area contributed by atoms with Crippen molar-refractivity contribution >= 4 is 16.9 Å². The second kappa shape index (κ2) is 6.86. The first-order valence-electron chi connectivity index (χ1n) is 8.96. The molecule has 0 saturated heterocycles. The number of hydrogen-bond donors (Lipinski definition) is 0. The lowest BCUT2D eigenvalue weighted by atomic mass is 9.99. The molecule has 0 bridgehead atoms. The normalized spacial score (nSPS) is 13.6. The molecule has 140 valence electrons. The molecule has 0 atom stereocenters. The van der Waals surface area contributed by atoms with Gasteiger partial charge in [-0.3, -0.25) is 18.8 Å². The van der Waals surface area contributed by atoms with Crippen molar-refractivity contribution < 1.29 is 9.53 Å². The molecule has 0 N–H and O–H groups in total. The molecule has 8 nitrogen and oxygen atoms in total. The first-order chi connectivity index (χ1) is 13.1. The van der Waals surface area contributed by atoms with E-state index in [1.807, 2.05) is 19.1 Å². The minimum atomic E-state index is -0.252. The maximum Gasteiger partial charge on any atom is 0.264 e. The van der Waals surface area contributed by atoms with Gasteiger partial charge in [0.25, 0.3) is 5.56 Å². The number of rotatable bonds is 4. The van der Waals surface area contributed by atoms with Gasteiger partial charge in [-0.1, -0.05) is 6.07 Å². The smallest absolute Gasteiger partial charge is 0.264 e. The average molecular weight is 367 g/mol. The van der Waals surface area contributed by atoms with Crippen LogP contribution >= 0.6 is 0 Å². The van der Waals surface area contributed by atoms with Crippen molar-refractivity contribution in [3.8, 4) is 5.75 Å². The van der Waals surface area contributed by atoms with E-state index < -0.39 is 0 Å². The Morgan fingerprint density at radius 2 is 2.15 bits per heavy atom. The average Bonchev–Trinajstić information content (AvgIpc) is 3.05. The van der Waals surface area contributed by atoms with Crippen molar-refractivity contribution in [2.75, 3.05) is 13.2 Å². The van der Waals surface area contributed by atoms with Crippen LogP contribution in [0.5, 0.6) is 5.75 Å². The van der Waals surface area contributed by atoms with E-state index in [1.165, 1.54) is 22.7 Å². The van der Waals surface area contributed by atoms with Crippen molar-refractivity contribution in [1.29, 1.82) is 0 Å². The molecular weight excluding hydrogens is 346 g/mol. The lowest BCUT2D eigenvalue weighted by Gasteiger charge is -2.29. The van der Waals surface area contributed by atoms with Gasteiger partial charge in [0.2, 0.25) is 5.91 Å². The molecule has 3 heterocycles. The van der Waals surface area contributed by atoms with E-state index in [9.17, 15) is 9.59 Å². The molecule has 1 amide bonds. The number of benzene rings is 1. The van der Waals surface area contributed by atoms with Gasteiger partial charge in [0.05, 0.1) is 12.8 Å². The summed E-state index contributed by atoms with van der Waals surface area (Å²) in [6.07, 6.45) is 3.69. The number of carbonyl (C=O) groups excluding carboxylic acids is 1. The van der Waals surface area contributed by atoms with Crippen LogP contribution in [0.2, 0.25) is 0 Å². The first kappa shape index (κ1) is 17.3. The molecule has 2 aromatic heterocycles. The number of hydrogen-bond acceptors (Lipinski definition) is 5. The number of nitrogens with zero attached hydrogens (tertiary/aromatic N) is 5. The Morgan fingerprint density at radius 3 is 2.96 bits per heavy atom. The lowest BCUT2D eigenvalue weighted by Crippen LogP contribution is -2.39. The second-order valence-electron chi connectivity index (χ2n) is 6.61. The van der Waals surface area contributed by atoms with E-state index in [0.29, 0.717) is 30.7 Å². The Morgan fingerprint density at radius 1 is 1.30 bits per heavy atom. The third-order valence-corrected chi connectivity index (χ3v) is 4.88. The molecule has 1 aliphatic rings. The summed E-state index contributed by atoms with van der Waals surface area (Å²) in [6, 6.07) is 6.02. The van der Waals surface area contributed by atoms with Crippen molar-refractivity contribution in [1.82, 2.24) is 24.2 Å². The Balaban J connectivity index is 1.53. The molecule has 1 aliphatic heterocycles. The highest BCUT2D eigenvalue weighted by Crippen LogP contribution is 2.24. The predicted octanol–water partition coefficient (Wildman–Crippen LogP) is 1.11. The summed E-state index contributed by atoms with van der Waals surface area (Å²) >= 11 is 0. The zero-order valence-corrected chi connectivity index (χ0v) is 15.4. The van der Waals surface area contributed by atoms with Crippen LogP contribution in [0.15, 0.2) is 35.5 Å². The van der Waals surface area contributed by atoms with Crippen LogP contribution in [-0.2, 0) is 31.4 Å². The molecule has 0 radical (unpaired) electrons. The lowest BCUT2D eigenvalue weighted by molar-refractivity contribution is -0.132. The van der Waals surface area contributed by atoms with E-state index >= 15 is 0 Å². The van der Waals surface area contributed by atoms with E-state index in [-0.39, 0.29) is 18.0 Å². The summed E-state index contributed by atoms with van der Waals surface area (Å²) in [7, 11) is 1.73. The van der Waals surface area contributed by atoms with Crippen LogP contribution in [-0.4, -0.2) is 43.3 Å². The Labute approximate surface area is 156 Å². The number of ether oxygens (including phenoxy) is 1. The predicted molar refractivity (Wildman–Crippen MR) is 99.5 cm³/mol. The summed E-state index contributed by atoms with van der Waals surface area (Å²) in [6.45, 7) is 3.68. The van der Waals surface area contributed by atoms with Crippen LogP contribution in [0, 0.1) is 0 Å². The van der Waals surface area contributed by atoms with E-state index in [4.69, 9.17) is 4.74 Å². The van der Waals surface area contributed by atoms with Crippen LogP contribution in [0.1, 0.15) is 18.1 Å². The fourth-order valence-corrected chi connectivity index (χ4v) is 3.43. The molecule has 3 aromatic rings. The Bertz CT molecular complexity index is 1070. The summed E-state index contributed by atoms with van der Waals surface area (Å²) < 4.78 is 8.44. The fourth-order valence-electron chi connectivity index (χ4n) is 3.43. The van der Waals surface area contributed by atoms with Gasteiger partial charge in [-0.25, -0.2) is 4.98 Å². The van der Waals surface area contributed by atoms with Gasteiger partial charge in [0.1, 0.15) is 24.0 Å². The third kappa shape index (κ3) is 3.18. The molecule has 0 spiro atoms. The van der Waals surface area contributed by atoms with Crippen LogP contribution in [0.4, 0.5) is 0 Å². The highest BCUT2D eigenvalue weighted by atomic mass is 16.5. The van der Waals surface area contributed by atoms with Crippen LogP contribution in [0.3, 0.4) is 0 Å². The van der Waals surface area contributed by atoms with Crippen molar-refractivity contribution in [2.45, 2.75) is 26.4 Å². The highest BCUT2D eigenvalue weighted by molar-refractivity contribution is 5.77. The van der Waals surface area contributed by atoms with Gasteiger partial charge in [0, 0.05) is 20.1 Å². The zero-order chi connectivity index (χ0) is 19.0. The Kier molecular flexibility index (Phi) is 4.39. The molecule has 0 fully saturated rings. The Hall–Kier alpha value is -3.16. The molecule has 0 unspecified atom stereocenters. The van der Waals surface area contributed by atoms with E-state index in [0.717, 1.165) is 17.7 Å². The largest absolute Gasteiger partial charge is 0.494 e. The standard InChI is InChI=1S/C19H21N5O3/c1-3-27-15-5-4-13-6-7-23(10-14(13)8-15)17(25)11-24-12-20-18-16(19(24)26)9-21-22(18)2/h4-5,8-9,12H,3,6-7,10-11H2,1-2H3. The quantitative estimate of drug-likeness (QED) is 0.690. The van der Waals surface area contributed by atoms with E-state index in [1.54, 1.807) is 16.6 Å². The molecule has 0 saturated carbocycles. The summed E-state index contributed by atoms with van der Waals surface area (Å²) in [5.74, 6) is 0.711. The van der Waals surface area contributed by atoms with E-state index in [2.05, 4.69) is 16.1 Å². The van der Waals surface area contributed by atoms with Crippen LogP contribution in [0.25, 0.3) is 11.0 Å². The third-order valence-electron chi connectivity index (χ3n) is 4.88. The molecule has 4 rings (SSSR count). The molecule has 27 heavy (non-hydrogen) atoms. The number of amides is 1. The van der Waals surface area contributed by atoms with Gasteiger partial charge in [-0.05, 0) is 36.6 Å². The molecular formula is C19H21N5O3. The monoisotopic (exact) mass is 367 g/mol. The minimum Gasteiger partial charge on any atom is -0.494 e. The van der Waals surface area contributed by atoms with Gasteiger partial charge in [0.15, 0.2) is 5.65 Å². The second-order valence-corrected chi connectivity index (χ2v) is 6.61. The SMILES string of the molecule is CCOc1ccc2c(c1)CN(C(=O)Cn1cnc3c(cnn3C)c1=O)CC2. The molecule has 0 aliphatic carbocycles. The van der Waals surface area contributed by atoms with Gasteiger partial charge in [-0.15, -0.1) is 0 Å². The minimum absolute atomic E-state index is 0.0306. The van der Waals surface area contributed by atoms with Gasteiger partial charge in [-0.2, -0.15) is 5.10 Å². The molecule has 1 aromatic carbocycles. The van der Waals surface area contributed by atoms with Crippen LogP contribution < -0.4 is 10.3 Å². The number of aromatic nitrogens is 4. The summed E-state index contributed by atoms with van der Waals surface area (Å²) in [5.41, 5.74) is 2.59. The van der Waals surface area contributed by atoms with Crippen molar-refractivity contribution in [3.05, 3.63) is 52.2 Å². The van der Waals surface area contributed by atoms with Gasteiger partial charge >= 0.3 is 0 Å². The van der Waals surface area contributed by atoms with Crippen molar-refractivity contribution in [2.24, 2.45) is 7.05 Å². The summed E-state index contributed by atoms with van der Waals surface area (Å²) in [5, 5.41) is 4.46. The van der Waals surface area contributed by atoms with Crippen molar-refractivity contribution in [3.63, 3.8) is 0 Å². The highest BCUT2D eigenvalue weighted by Gasteiger charge is 2.22. The van der Waals surface area contributed by atoms with Gasteiger partial charge < -0.3 is 9.64 Å². The molecule has 8 heteroatoms. The first-order valence-corrected chi connectivity index (χ1v) is 8.96. The number of fused-ring (bicyclic) bond motifs is 2.